The second-order valence-electron chi connectivity index (χ2n) is 3.26. The Morgan fingerprint density at radius 3 is 2.87 bits per heavy atom. The Bertz CT molecular complexity index is 581. The van der Waals surface area contributed by atoms with Crippen molar-refractivity contribution < 1.29 is 8.42 Å². The van der Waals surface area contributed by atoms with Crippen LogP contribution in [0.3, 0.4) is 0 Å². The number of aromatic nitrogens is 2. The van der Waals surface area contributed by atoms with Crippen molar-refractivity contribution in [3.8, 4) is 0 Å². The third-order valence-electron chi connectivity index (χ3n) is 2.18. The number of benzene rings is 1. The summed E-state index contributed by atoms with van der Waals surface area (Å²) in [7, 11) is -0.491. The largest absolute Gasteiger partial charge is 0.267 e. The zero-order valence-corrected chi connectivity index (χ0v) is 11.0. The van der Waals surface area contributed by atoms with Gasteiger partial charge in [0.05, 0.1) is 11.3 Å². The second-order valence-corrected chi connectivity index (χ2v) is 5.26. The average molecular weight is 336 g/mol. The summed E-state index contributed by atoms with van der Waals surface area (Å²) in [6.45, 7) is 0. The molecule has 0 amide bonds. The van der Waals surface area contributed by atoms with Crippen molar-refractivity contribution in [1.82, 2.24) is 9.78 Å². The normalized spacial score (nSPS) is 11.4. The molecule has 0 fully saturated rings. The zero-order valence-electron chi connectivity index (χ0n) is 7.98. The Kier molecular flexibility index (Phi) is 2.96. The lowest BCUT2D eigenvalue weighted by Crippen LogP contribution is -1.90. The summed E-state index contributed by atoms with van der Waals surface area (Å²) in [6.07, 6.45) is 0. The molecule has 6 heteroatoms. The van der Waals surface area contributed by atoms with Crippen LogP contribution in [0.25, 0.3) is 10.9 Å². The first-order valence-corrected chi connectivity index (χ1v) is 6.75. The Hall–Kier alpha value is -0.630. The molecule has 1 heterocycles. The third-order valence-corrected chi connectivity index (χ3v) is 3.60. The molecule has 0 N–H and O–H groups in total. The van der Waals surface area contributed by atoms with Gasteiger partial charge in [-0.05, 0) is 40.3 Å². The smallest absolute Gasteiger partial charge is 0.144 e. The van der Waals surface area contributed by atoms with E-state index in [-0.39, 0.29) is 5.75 Å². The molecule has 0 radical (unpaired) electrons. The van der Waals surface area contributed by atoms with Gasteiger partial charge in [0.2, 0.25) is 0 Å². The Balaban J connectivity index is 2.60. The molecule has 0 aliphatic carbocycles. The van der Waals surface area contributed by atoms with Crippen LogP contribution in [-0.4, -0.2) is 18.2 Å². The molecular weight excluding hydrogens is 327 g/mol. The number of fused-ring (bicyclic) bond motifs is 1. The van der Waals surface area contributed by atoms with E-state index < -0.39 is 10.7 Å². The maximum atomic E-state index is 10.6. The first-order chi connectivity index (χ1) is 7.08. The average Bonchev–Trinajstić information content (AvgIpc) is 2.41. The van der Waals surface area contributed by atoms with Gasteiger partial charge in [0.1, 0.15) is 14.4 Å². The predicted molar refractivity (Wildman–Crippen MR) is 67.4 cm³/mol. The van der Waals surface area contributed by atoms with Gasteiger partial charge in [-0.1, -0.05) is 6.07 Å². The quantitative estimate of drug-likeness (QED) is 0.664. The maximum Gasteiger partial charge on any atom is 0.144 e. The van der Waals surface area contributed by atoms with Crippen LogP contribution >= 0.6 is 22.6 Å². The van der Waals surface area contributed by atoms with Crippen LogP contribution < -0.4 is 0 Å². The van der Waals surface area contributed by atoms with Crippen molar-refractivity contribution in [2.75, 3.05) is 0 Å². The first-order valence-electron chi connectivity index (χ1n) is 4.31. The highest BCUT2D eigenvalue weighted by Crippen LogP contribution is 2.21. The first kappa shape index (κ1) is 10.9. The van der Waals surface area contributed by atoms with Gasteiger partial charge in [-0.3, -0.25) is 4.68 Å². The SMILES string of the molecule is Cn1nc(I)c2cc(C[SH](=O)=O)ccc21. The van der Waals surface area contributed by atoms with Crippen LogP contribution in [0.1, 0.15) is 5.56 Å². The molecule has 1 aromatic heterocycles. The van der Waals surface area contributed by atoms with Crippen LogP contribution in [0.2, 0.25) is 0 Å². The van der Waals surface area contributed by atoms with E-state index in [9.17, 15) is 8.42 Å². The molecule has 2 rings (SSSR count). The summed E-state index contributed by atoms with van der Waals surface area (Å²) in [5, 5.41) is 5.27. The van der Waals surface area contributed by atoms with Gasteiger partial charge in [-0.15, -0.1) is 0 Å². The molecule has 0 saturated heterocycles. The van der Waals surface area contributed by atoms with E-state index in [2.05, 4.69) is 27.7 Å². The van der Waals surface area contributed by atoms with Crippen molar-refractivity contribution in [3.05, 3.63) is 27.5 Å². The molecule has 0 saturated carbocycles. The summed E-state index contributed by atoms with van der Waals surface area (Å²) < 4.78 is 23.9. The standard InChI is InChI=1S/C9H9IN2O2S/c1-12-8-3-2-6(5-15(13)14)4-7(8)9(10)11-12/h2-4,15H,5H2,1H3. The van der Waals surface area contributed by atoms with Crippen LogP contribution in [0.15, 0.2) is 18.2 Å². The fourth-order valence-corrected chi connectivity index (χ4v) is 2.77. The molecule has 15 heavy (non-hydrogen) atoms. The van der Waals surface area contributed by atoms with Crippen LogP contribution in [0.4, 0.5) is 0 Å². The minimum Gasteiger partial charge on any atom is -0.267 e. The second kappa shape index (κ2) is 4.09. The molecular formula is C9H9IN2O2S. The number of thiol groups is 1. The number of aryl methyl sites for hydroxylation is 1. The monoisotopic (exact) mass is 336 g/mol. The fourth-order valence-electron chi connectivity index (χ4n) is 1.52. The summed E-state index contributed by atoms with van der Waals surface area (Å²) >= 11 is 2.15. The molecule has 0 aliphatic rings. The number of hydrogen-bond acceptors (Lipinski definition) is 3. The van der Waals surface area contributed by atoms with Crippen LogP contribution in [-0.2, 0) is 23.5 Å². The molecule has 0 aliphatic heterocycles. The summed E-state index contributed by atoms with van der Waals surface area (Å²) in [5.74, 6) is 0.0935. The van der Waals surface area contributed by atoms with Crippen molar-refractivity contribution in [2.24, 2.45) is 7.05 Å². The minimum absolute atomic E-state index is 0.0935. The molecule has 0 atom stereocenters. The van der Waals surface area contributed by atoms with E-state index in [0.29, 0.717) is 0 Å². The Morgan fingerprint density at radius 2 is 2.20 bits per heavy atom. The van der Waals surface area contributed by atoms with E-state index in [1.807, 2.05) is 25.2 Å². The van der Waals surface area contributed by atoms with E-state index in [1.165, 1.54) is 0 Å². The molecule has 0 bridgehead atoms. The molecule has 0 unspecified atom stereocenters. The lowest BCUT2D eigenvalue weighted by molar-refractivity contribution is 0.614. The predicted octanol–water partition coefficient (Wildman–Crippen LogP) is 1.29. The van der Waals surface area contributed by atoms with Gasteiger partial charge in [0.25, 0.3) is 0 Å². The lowest BCUT2D eigenvalue weighted by atomic mass is 10.2. The molecule has 80 valence electrons. The van der Waals surface area contributed by atoms with E-state index in [4.69, 9.17) is 0 Å². The highest BCUT2D eigenvalue weighted by Gasteiger charge is 2.06. The van der Waals surface area contributed by atoms with Crippen molar-refractivity contribution in [1.29, 1.82) is 0 Å². The highest BCUT2D eigenvalue weighted by atomic mass is 127. The minimum atomic E-state index is -2.36. The number of nitrogens with zero attached hydrogens (tertiary/aromatic N) is 2. The van der Waals surface area contributed by atoms with Gasteiger partial charge in [0, 0.05) is 12.4 Å². The number of rotatable bonds is 2. The number of hydrogen-bond donors (Lipinski definition) is 1. The summed E-state index contributed by atoms with van der Waals surface area (Å²) in [4.78, 5) is 0. The molecule has 0 spiro atoms. The van der Waals surface area contributed by atoms with Gasteiger partial charge >= 0.3 is 0 Å². The molecule has 1 aromatic carbocycles. The Morgan fingerprint density at radius 1 is 1.47 bits per heavy atom. The van der Waals surface area contributed by atoms with Gasteiger partial charge in [-0.25, -0.2) is 8.42 Å². The molecule has 2 aromatic rings. The van der Waals surface area contributed by atoms with Crippen LogP contribution in [0, 0.1) is 3.70 Å². The van der Waals surface area contributed by atoms with Gasteiger partial charge in [0.15, 0.2) is 0 Å². The third kappa shape index (κ3) is 2.15. The van der Waals surface area contributed by atoms with Gasteiger partial charge in [-0.2, -0.15) is 5.10 Å². The van der Waals surface area contributed by atoms with Crippen molar-refractivity contribution in [2.45, 2.75) is 5.75 Å². The molecule has 4 nitrogen and oxygen atoms in total. The Labute approximate surface area is 102 Å². The summed E-state index contributed by atoms with van der Waals surface area (Å²) in [5.41, 5.74) is 1.83. The summed E-state index contributed by atoms with van der Waals surface area (Å²) in [6, 6.07) is 5.61. The van der Waals surface area contributed by atoms with Gasteiger partial charge < -0.3 is 0 Å². The zero-order chi connectivity index (χ0) is 11.0. The fraction of sp³-hybridized carbons (Fsp3) is 0.222. The maximum absolute atomic E-state index is 10.6. The van der Waals surface area contributed by atoms with Crippen LogP contribution in [0.5, 0.6) is 0 Å². The van der Waals surface area contributed by atoms with Crippen molar-refractivity contribution >= 4 is 44.2 Å². The van der Waals surface area contributed by atoms with E-state index in [1.54, 1.807) is 4.68 Å². The topological polar surface area (TPSA) is 52.0 Å². The highest BCUT2D eigenvalue weighted by molar-refractivity contribution is 14.1. The van der Waals surface area contributed by atoms with E-state index in [0.717, 1.165) is 20.2 Å². The lowest BCUT2D eigenvalue weighted by Gasteiger charge is -1.97. The van der Waals surface area contributed by atoms with Crippen molar-refractivity contribution in [3.63, 3.8) is 0 Å². The van der Waals surface area contributed by atoms with E-state index >= 15 is 0 Å². The number of halogens is 1.